The van der Waals surface area contributed by atoms with Gasteiger partial charge in [-0.1, -0.05) is 11.8 Å². The Bertz CT molecular complexity index is 1180. The molecule has 0 aliphatic heterocycles. The van der Waals surface area contributed by atoms with Gasteiger partial charge >= 0.3 is 0 Å². The van der Waals surface area contributed by atoms with Crippen LogP contribution < -0.4 is 5.32 Å². The fraction of sp³-hybridized carbons (Fsp3) is 0.381. The van der Waals surface area contributed by atoms with Crippen LogP contribution in [0.15, 0.2) is 28.0 Å². The van der Waals surface area contributed by atoms with Crippen molar-refractivity contribution in [2.24, 2.45) is 0 Å². The zero-order chi connectivity index (χ0) is 20.0. The second-order valence-electron chi connectivity index (χ2n) is 7.50. The third kappa shape index (κ3) is 3.29. The number of hydrogen-bond acceptors (Lipinski definition) is 8. The monoisotopic (exact) mass is 425 g/mol. The van der Waals surface area contributed by atoms with Crippen LogP contribution in [-0.4, -0.2) is 53.3 Å². The van der Waals surface area contributed by atoms with Gasteiger partial charge in [-0.15, -0.1) is 11.3 Å². The number of nitrogens with zero attached hydrogens (tertiary/aromatic N) is 4. The van der Waals surface area contributed by atoms with Gasteiger partial charge in [-0.05, 0) is 62.9 Å². The standard InChI is InChI=1S/C21H23N5OS2/c1-26(2)10-9-22-19-18-17(24-21(25-19)28-3)15-12-6-4-7-13(12)16(23-20(15)29-18)14-8-5-11-27-14/h5,8,11H,4,6-7,9-10H2,1-3H3,(H,22,24,25). The Hall–Kier alpha value is -2.16. The number of likely N-dealkylation sites (N-methyl/N-ethyl adjacent to an activating group) is 1. The number of thioether (sulfide) groups is 1. The second-order valence-corrected chi connectivity index (χ2v) is 9.27. The van der Waals surface area contributed by atoms with E-state index in [1.165, 1.54) is 16.5 Å². The Kier molecular flexibility index (Phi) is 4.93. The summed E-state index contributed by atoms with van der Waals surface area (Å²) in [5.74, 6) is 1.76. The van der Waals surface area contributed by atoms with Crippen molar-refractivity contribution in [2.75, 3.05) is 38.8 Å². The molecule has 1 aliphatic rings. The van der Waals surface area contributed by atoms with Gasteiger partial charge in [0.25, 0.3) is 0 Å². The number of aromatic nitrogens is 3. The minimum absolute atomic E-state index is 0.798. The highest BCUT2D eigenvalue weighted by Crippen LogP contribution is 2.44. The van der Waals surface area contributed by atoms with Crippen molar-refractivity contribution in [2.45, 2.75) is 24.4 Å². The second kappa shape index (κ2) is 7.59. The maximum atomic E-state index is 5.70. The predicted molar refractivity (Wildman–Crippen MR) is 121 cm³/mol. The van der Waals surface area contributed by atoms with Gasteiger partial charge in [-0.3, -0.25) is 0 Å². The molecule has 4 heterocycles. The van der Waals surface area contributed by atoms with E-state index in [1.807, 2.05) is 18.4 Å². The number of nitrogens with one attached hydrogen (secondary N) is 1. The van der Waals surface area contributed by atoms with Gasteiger partial charge < -0.3 is 14.6 Å². The smallest absolute Gasteiger partial charge is 0.189 e. The van der Waals surface area contributed by atoms with Gasteiger partial charge in [-0.25, -0.2) is 15.0 Å². The van der Waals surface area contributed by atoms with Crippen molar-refractivity contribution in [3.05, 3.63) is 29.5 Å². The van der Waals surface area contributed by atoms with Crippen molar-refractivity contribution < 1.29 is 4.42 Å². The minimum atomic E-state index is 0.798. The lowest BCUT2D eigenvalue weighted by atomic mass is 10.0. The molecule has 0 atom stereocenters. The molecular formula is C21H23N5OS2. The van der Waals surface area contributed by atoms with Crippen LogP contribution in [0.5, 0.6) is 0 Å². The third-order valence-corrected chi connectivity index (χ3v) is 6.93. The summed E-state index contributed by atoms with van der Waals surface area (Å²) in [4.78, 5) is 17.9. The van der Waals surface area contributed by atoms with E-state index < -0.39 is 0 Å². The van der Waals surface area contributed by atoms with E-state index in [4.69, 9.17) is 19.4 Å². The van der Waals surface area contributed by atoms with Crippen LogP contribution in [0, 0.1) is 0 Å². The molecule has 8 heteroatoms. The van der Waals surface area contributed by atoms with Crippen LogP contribution in [0.2, 0.25) is 0 Å². The summed E-state index contributed by atoms with van der Waals surface area (Å²) >= 11 is 3.26. The molecule has 0 saturated carbocycles. The van der Waals surface area contributed by atoms with Gasteiger partial charge in [0.2, 0.25) is 0 Å². The average Bonchev–Trinajstić information content (AvgIpc) is 3.45. The molecule has 0 saturated heterocycles. The van der Waals surface area contributed by atoms with Crippen LogP contribution in [0.4, 0.5) is 5.82 Å². The number of fused-ring (bicyclic) bond motifs is 5. The van der Waals surface area contributed by atoms with Gasteiger partial charge in [-0.2, -0.15) is 0 Å². The minimum Gasteiger partial charge on any atom is -0.463 e. The molecule has 4 aromatic heterocycles. The SMILES string of the molecule is CSc1nc(NCCN(C)C)c2sc3nc(-c4ccco4)c4c(c3c2n1)CCC4. The summed E-state index contributed by atoms with van der Waals surface area (Å²) in [7, 11) is 4.15. The lowest BCUT2D eigenvalue weighted by Crippen LogP contribution is -2.21. The van der Waals surface area contributed by atoms with Crippen molar-refractivity contribution >= 4 is 49.3 Å². The van der Waals surface area contributed by atoms with Crippen molar-refractivity contribution in [3.8, 4) is 11.5 Å². The number of furan rings is 1. The number of pyridine rings is 1. The first-order valence-electron chi connectivity index (χ1n) is 9.78. The van der Waals surface area contributed by atoms with E-state index in [9.17, 15) is 0 Å². The summed E-state index contributed by atoms with van der Waals surface area (Å²) < 4.78 is 6.79. The van der Waals surface area contributed by atoms with E-state index in [-0.39, 0.29) is 0 Å². The van der Waals surface area contributed by atoms with Gasteiger partial charge in [0.05, 0.1) is 16.5 Å². The van der Waals surface area contributed by atoms with E-state index >= 15 is 0 Å². The van der Waals surface area contributed by atoms with Crippen molar-refractivity contribution in [1.82, 2.24) is 19.9 Å². The summed E-state index contributed by atoms with van der Waals surface area (Å²) in [6.07, 6.45) is 7.00. The number of anilines is 1. The molecular weight excluding hydrogens is 402 g/mol. The normalized spacial score (nSPS) is 13.7. The average molecular weight is 426 g/mol. The maximum Gasteiger partial charge on any atom is 0.189 e. The van der Waals surface area contributed by atoms with Crippen LogP contribution in [0.25, 0.3) is 31.9 Å². The topological polar surface area (TPSA) is 67.1 Å². The molecule has 5 rings (SSSR count). The molecule has 0 bridgehead atoms. The highest BCUT2D eigenvalue weighted by molar-refractivity contribution is 7.98. The first-order chi connectivity index (χ1) is 14.2. The zero-order valence-corrected chi connectivity index (χ0v) is 18.4. The van der Waals surface area contributed by atoms with E-state index in [2.05, 4.69) is 24.3 Å². The highest BCUT2D eigenvalue weighted by Gasteiger charge is 2.26. The van der Waals surface area contributed by atoms with Crippen LogP contribution in [0.3, 0.4) is 0 Å². The predicted octanol–water partition coefficient (Wildman–Crippen LogP) is 4.68. The summed E-state index contributed by atoms with van der Waals surface area (Å²) in [5, 5.41) is 5.53. The number of hydrogen-bond donors (Lipinski definition) is 1. The molecule has 0 unspecified atom stereocenters. The van der Waals surface area contributed by atoms with Crippen molar-refractivity contribution in [3.63, 3.8) is 0 Å². The maximum absolute atomic E-state index is 5.70. The Morgan fingerprint density at radius 3 is 2.83 bits per heavy atom. The van der Waals surface area contributed by atoms with Crippen LogP contribution in [0.1, 0.15) is 17.5 Å². The molecule has 150 valence electrons. The van der Waals surface area contributed by atoms with Gasteiger partial charge in [0, 0.05) is 18.5 Å². The Balaban J connectivity index is 1.73. The highest BCUT2D eigenvalue weighted by atomic mass is 32.2. The molecule has 6 nitrogen and oxygen atoms in total. The Morgan fingerprint density at radius 2 is 2.07 bits per heavy atom. The first-order valence-corrected chi connectivity index (χ1v) is 11.8. The Morgan fingerprint density at radius 1 is 1.21 bits per heavy atom. The molecule has 0 aromatic carbocycles. The molecule has 0 amide bonds. The van der Waals surface area contributed by atoms with Crippen LogP contribution in [-0.2, 0) is 12.8 Å². The summed E-state index contributed by atoms with van der Waals surface area (Å²) in [5.41, 5.74) is 4.73. The van der Waals surface area contributed by atoms with Gasteiger partial charge in [0.1, 0.15) is 16.3 Å². The number of aryl methyl sites for hydroxylation is 1. The molecule has 0 radical (unpaired) electrons. The quantitative estimate of drug-likeness (QED) is 0.355. The first kappa shape index (κ1) is 18.8. The third-order valence-electron chi connectivity index (χ3n) is 5.30. The molecule has 4 aromatic rings. The number of thiophene rings is 1. The molecule has 1 aliphatic carbocycles. The molecule has 0 fully saturated rings. The molecule has 0 spiro atoms. The van der Waals surface area contributed by atoms with E-state index in [1.54, 1.807) is 29.4 Å². The fourth-order valence-corrected chi connectivity index (χ4v) is 5.45. The van der Waals surface area contributed by atoms with E-state index in [0.29, 0.717) is 0 Å². The molecule has 1 N–H and O–H groups in total. The van der Waals surface area contributed by atoms with E-state index in [0.717, 1.165) is 69.8 Å². The summed E-state index contributed by atoms with van der Waals surface area (Å²) in [6, 6.07) is 3.93. The lowest BCUT2D eigenvalue weighted by Gasteiger charge is -2.12. The summed E-state index contributed by atoms with van der Waals surface area (Å²) in [6.45, 7) is 1.78. The van der Waals surface area contributed by atoms with Crippen LogP contribution >= 0.6 is 23.1 Å². The molecule has 29 heavy (non-hydrogen) atoms. The zero-order valence-electron chi connectivity index (χ0n) is 16.8. The number of rotatable bonds is 6. The largest absolute Gasteiger partial charge is 0.463 e. The lowest BCUT2D eigenvalue weighted by molar-refractivity contribution is 0.425. The van der Waals surface area contributed by atoms with Gasteiger partial charge in [0.15, 0.2) is 10.9 Å². The Labute approximate surface area is 177 Å². The van der Waals surface area contributed by atoms with Crippen molar-refractivity contribution in [1.29, 1.82) is 0 Å². The fourth-order valence-electron chi connectivity index (χ4n) is 3.97.